The van der Waals surface area contributed by atoms with Crippen molar-refractivity contribution in [2.75, 3.05) is 0 Å². The number of benzene rings is 2. The van der Waals surface area contributed by atoms with Gasteiger partial charge in [-0.25, -0.2) is 0 Å². The van der Waals surface area contributed by atoms with E-state index in [0.717, 1.165) is 60.7 Å². The molecule has 0 bridgehead atoms. The molecule has 2 aliphatic carbocycles. The first kappa shape index (κ1) is 22.1. The number of carboxylic acids is 1. The van der Waals surface area contributed by atoms with Crippen molar-refractivity contribution in [1.29, 1.82) is 0 Å². The highest BCUT2D eigenvalue weighted by Gasteiger charge is 2.36. The Hall–Kier alpha value is -2.76. The van der Waals surface area contributed by atoms with Crippen molar-refractivity contribution >= 4 is 16.9 Å². The minimum atomic E-state index is -4.33. The Morgan fingerprint density at radius 2 is 1.70 bits per heavy atom. The Morgan fingerprint density at radius 3 is 2.39 bits per heavy atom. The Morgan fingerprint density at radius 1 is 1.00 bits per heavy atom. The van der Waals surface area contributed by atoms with Crippen LogP contribution < -0.4 is 0 Å². The Labute approximate surface area is 191 Å². The van der Waals surface area contributed by atoms with Crippen LogP contribution in [0.1, 0.15) is 83.9 Å². The first-order valence-corrected chi connectivity index (χ1v) is 11.8. The van der Waals surface area contributed by atoms with Gasteiger partial charge in [-0.3, -0.25) is 4.79 Å². The number of aromatic amines is 1. The third-order valence-corrected chi connectivity index (χ3v) is 7.50. The molecule has 0 spiro atoms. The smallest absolute Gasteiger partial charge is 0.416 e. The fourth-order valence-electron chi connectivity index (χ4n) is 5.85. The van der Waals surface area contributed by atoms with E-state index in [1.807, 2.05) is 18.2 Å². The minimum Gasteiger partial charge on any atom is -0.481 e. The highest BCUT2D eigenvalue weighted by atomic mass is 19.4. The maximum absolute atomic E-state index is 13.8. The average Bonchev–Trinajstić information content (AvgIpc) is 3.49. The van der Waals surface area contributed by atoms with E-state index in [4.69, 9.17) is 5.11 Å². The summed E-state index contributed by atoms with van der Waals surface area (Å²) in [6, 6.07) is 11.1. The number of halogens is 3. The van der Waals surface area contributed by atoms with E-state index in [1.165, 1.54) is 11.6 Å². The van der Waals surface area contributed by atoms with Gasteiger partial charge in [-0.1, -0.05) is 31.0 Å². The van der Waals surface area contributed by atoms with Crippen molar-refractivity contribution in [1.82, 2.24) is 4.98 Å². The zero-order valence-electron chi connectivity index (χ0n) is 18.5. The largest absolute Gasteiger partial charge is 0.481 e. The average molecular weight is 456 g/mol. The summed E-state index contributed by atoms with van der Waals surface area (Å²) in [4.78, 5) is 14.6. The van der Waals surface area contributed by atoms with E-state index in [0.29, 0.717) is 24.0 Å². The van der Waals surface area contributed by atoms with Gasteiger partial charge >= 0.3 is 12.1 Å². The zero-order valence-corrected chi connectivity index (χ0v) is 18.5. The molecule has 1 fully saturated rings. The molecule has 0 aliphatic heterocycles. The molecule has 1 heterocycles. The molecule has 33 heavy (non-hydrogen) atoms. The second kappa shape index (κ2) is 8.54. The number of hydrogen-bond donors (Lipinski definition) is 2. The predicted octanol–water partition coefficient (Wildman–Crippen LogP) is 7.13. The van der Waals surface area contributed by atoms with Crippen LogP contribution in [0.4, 0.5) is 13.2 Å². The summed E-state index contributed by atoms with van der Waals surface area (Å²) in [5, 5.41) is 10.3. The van der Waals surface area contributed by atoms with Gasteiger partial charge in [-0.15, -0.1) is 0 Å². The monoisotopic (exact) mass is 455 g/mol. The van der Waals surface area contributed by atoms with Crippen LogP contribution in [0.5, 0.6) is 0 Å². The number of nitrogens with one attached hydrogen (secondary N) is 1. The Balaban J connectivity index is 1.36. The standard InChI is InChI=1S/C27H28F3NO2/c28-27(29,30)23-14-17(7-10-20(23)18-3-1-2-4-18)6-5-16-8-12-24-22(13-16)21-11-9-19(15-25(32)33)26(21)31-24/h7-8,10,12-14,18-19,31H,1-6,9,11,15H2,(H,32,33)/t19-/m1/s1. The van der Waals surface area contributed by atoms with E-state index in [9.17, 15) is 18.0 Å². The minimum absolute atomic E-state index is 0.0209. The fraction of sp³-hybridized carbons (Fsp3) is 0.444. The third-order valence-electron chi connectivity index (χ3n) is 7.50. The lowest BCUT2D eigenvalue weighted by Gasteiger charge is -2.19. The van der Waals surface area contributed by atoms with Crippen molar-refractivity contribution in [2.45, 2.75) is 75.8 Å². The molecular formula is C27H28F3NO2. The lowest BCUT2D eigenvalue weighted by atomic mass is 9.90. The van der Waals surface area contributed by atoms with Crippen LogP contribution in [0.15, 0.2) is 36.4 Å². The van der Waals surface area contributed by atoms with Gasteiger partial charge < -0.3 is 10.1 Å². The van der Waals surface area contributed by atoms with E-state index in [-0.39, 0.29) is 18.3 Å². The maximum Gasteiger partial charge on any atom is 0.416 e. The van der Waals surface area contributed by atoms with Gasteiger partial charge in [0.25, 0.3) is 0 Å². The quantitative estimate of drug-likeness (QED) is 0.415. The molecule has 2 aliphatic rings. The van der Waals surface area contributed by atoms with E-state index in [1.54, 1.807) is 6.07 Å². The number of alkyl halides is 3. The van der Waals surface area contributed by atoms with Crippen LogP contribution in [0.3, 0.4) is 0 Å². The molecule has 1 saturated carbocycles. The number of aliphatic carboxylic acids is 1. The molecule has 174 valence electrons. The third kappa shape index (κ3) is 4.40. The fourth-order valence-corrected chi connectivity index (χ4v) is 5.85. The molecular weight excluding hydrogens is 427 g/mol. The molecule has 1 atom stereocenters. The maximum atomic E-state index is 13.8. The van der Waals surface area contributed by atoms with Gasteiger partial charge in [0.15, 0.2) is 0 Å². The summed E-state index contributed by atoms with van der Waals surface area (Å²) in [6.07, 6.45) is 2.40. The lowest BCUT2D eigenvalue weighted by molar-refractivity contribution is -0.139. The number of aryl methyl sites for hydroxylation is 3. The van der Waals surface area contributed by atoms with E-state index < -0.39 is 17.7 Å². The Bertz CT molecular complexity index is 1190. The van der Waals surface area contributed by atoms with Crippen molar-refractivity contribution in [2.24, 2.45) is 0 Å². The van der Waals surface area contributed by atoms with Crippen LogP contribution >= 0.6 is 0 Å². The summed E-state index contributed by atoms with van der Waals surface area (Å²) in [7, 11) is 0. The van der Waals surface area contributed by atoms with Gasteiger partial charge in [0.05, 0.1) is 12.0 Å². The van der Waals surface area contributed by atoms with Gasteiger partial charge in [0.1, 0.15) is 0 Å². The number of fused-ring (bicyclic) bond motifs is 3. The van der Waals surface area contributed by atoms with Crippen molar-refractivity contribution in [3.8, 4) is 0 Å². The molecule has 3 aromatic rings. The molecule has 5 rings (SSSR count). The molecule has 0 amide bonds. The summed E-state index contributed by atoms with van der Waals surface area (Å²) in [5.41, 5.74) is 5.02. The van der Waals surface area contributed by atoms with Crippen LogP contribution in [0, 0.1) is 0 Å². The molecule has 2 aromatic carbocycles. The number of aromatic nitrogens is 1. The van der Waals surface area contributed by atoms with Gasteiger partial charge in [-0.05, 0) is 84.9 Å². The van der Waals surface area contributed by atoms with Crippen LogP contribution in [-0.4, -0.2) is 16.1 Å². The SMILES string of the molecule is O=C(O)C[C@H]1CCc2c1[nH]c1ccc(CCc3ccc(C4CCCC4)c(C(F)(F)F)c3)cc21. The van der Waals surface area contributed by atoms with Crippen molar-refractivity contribution in [3.63, 3.8) is 0 Å². The molecule has 6 heteroatoms. The van der Waals surface area contributed by atoms with Crippen molar-refractivity contribution in [3.05, 3.63) is 69.9 Å². The first-order chi connectivity index (χ1) is 15.8. The predicted molar refractivity (Wildman–Crippen MR) is 122 cm³/mol. The Kier molecular flexibility index (Phi) is 5.71. The first-order valence-electron chi connectivity index (χ1n) is 11.8. The molecule has 3 nitrogen and oxygen atoms in total. The molecule has 0 radical (unpaired) electrons. The second-order valence-electron chi connectivity index (χ2n) is 9.63. The number of carboxylic acid groups (broad SMARTS) is 1. The number of rotatable bonds is 6. The van der Waals surface area contributed by atoms with Crippen LogP contribution in [0.25, 0.3) is 10.9 Å². The molecule has 1 aromatic heterocycles. The number of carbonyl (C=O) groups is 1. The summed E-state index contributed by atoms with van der Waals surface area (Å²) in [6.45, 7) is 0. The van der Waals surface area contributed by atoms with Gasteiger partial charge in [0.2, 0.25) is 0 Å². The van der Waals surface area contributed by atoms with Gasteiger partial charge in [0, 0.05) is 22.5 Å². The highest BCUT2D eigenvalue weighted by Crippen LogP contribution is 2.42. The summed E-state index contributed by atoms with van der Waals surface area (Å²) in [5.74, 6) is -0.740. The second-order valence-corrected chi connectivity index (χ2v) is 9.63. The topological polar surface area (TPSA) is 53.1 Å². The molecule has 2 N–H and O–H groups in total. The van der Waals surface area contributed by atoms with Crippen LogP contribution in [0.2, 0.25) is 0 Å². The lowest BCUT2D eigenvalue weighted by Crippen LogP contribution is -2.12. The summed E-state index contributed by atoms with van der Waals surface area (Å²) < 4.78 is 41.3. The normalized spacial score (nSPS) is 18.8. The number of hydrogen-bond acceptors (Lipinski definition) is 1. The van der Waals surface area contributed by atoms with Gasteiger partial charge in [-0.2, -0.15) is 13.2 Å². The highest BCUT2D eigenvalue weighted by molar-refractivity contribution is 5.86. The number of H-pyrrole nitrogens is 1. The zero-order chi connectivity index (χ0) is 23.2. The van der Waals surface area contributed by atoms with Crippen molar-refractivity contribution < 1.29 is 23.1 Å². The molecule has 0 unspecified atom stereocenters. The van der Waals surface area contributed by atoms with Crippen LogP contribution in [-0.2, 0) is 30.2 Å². The van der Waals surface area contributed by atoms with E-state index >= 15 is 0 Å². The van der Waals surface area contributed by atoms with E-state index in [2.05, 4.69) is 11.1 Å². The molecule has 0 saturated heterocycles. The summed E-state index contributed by atoms with van der Waals surface area (Å²) >= 11 is 0.